The van der Waals surface area contributed by atoms with E-state index in [-0.39, 0.29) is 11.7 Å². The van der Waals surface area contributed by atoms with Crippen LogP contribution in [0, 0.1) is 5.82 Å². The summed E-state index contributed by atoms with van der Waals surface area (Å²) in [6, 6.07) is 15.0. The van der Waals surface area contributed by atoms with Crippen molar-refractivity contribution >= 4 is 50.6 Å². The second-order valence-electron chi connectivity index (χ2n) is 7.02. The molecule has 1 aliphatic heterocycles. The standard InChI is InChI=1S/C22H21BrFN3OS2/c23-17-7-5-16(6-8-17)14-29-22-25-18(15-30-22)13-21(28)27-11-9-26(10-12-27)20-4-2-1-3-19(20)24/h1-8,15H,9-14H2. The number of hydrogen-bond donors (Lipinski definition) is 0. The van der Waals surface area contributed by atoms with Crippen LogP contribution in [0.5, 0.6) is 0 Å². The predicted molar refractivity (Wildman–Crippen MR) is 125 cm³/mol. The highest BCUT2D eigenvalue weighted by Gasteiger charge is 2.23. The number of anilines is 1. The van der Waals surface area contributed by atoms with Crippen LogP contribution in [0.2, 0.25) is 0 Å². The fourth-order valence-electron chi connectivity index (χ4n) is 3.33. The molecule has 2 heterocycles. The lowest BCUT2D eigenvalue weighted by molar-refractivity contribution is -0.130. The fraction of sp³-hybridized carbons (Fsp3) is 0.273. The van der Waals surface area contributed by atoms with E-state index in [9.17, 15) is 9.18 Å². The molecule has 0 spiro atoms. The third kappa shape index (κ3) is 5.42. The summed E-state index contributed by atoms with van der Waals surface area (Å²) in [6.45, 7) is 2.47. The number of hydrogen-bond acceptors (Lipinski definition) is 5. The minimum absolute atomic E-state index is 0.0814. The van der Waals surface area contributed by atoms with Gasteiger partial charge in [-0.1, -0.05) is 52.0 Å². The molecule has 2 aromatic carbocycles. The molecule has 1 aromatic heterocycles. The van der Waals surface area contributed by atoms with Crippen LogP contribution in [0.25, 0.3) is 0 Å². The minimum atomic E-state index is -0.215. The summed E-state index contributed by atoms with van der Waals surface area (Å²) in [4.78, 5) is 21.2. The lowest BCUT2D eigenvalue weighted by atomic mass is 10.2. The van der Waals surface area contributed by atoms with Crippen molar-refractivity contribution in [2.75, 3.05) is 31.1 Å². The summed E-state index contributed by atoms with van der Waals surface area (Å²) >= 11 is 6.72. The Morgan fingerprint density at radius 2 is 1.83 bits per heavy atom. The average molecular weight is 506 g/mol. The zero-order valence-electron chi connectivity index (χ0n) is 16.3. The van der Waals surface area contributed by atoms with E-state index in [1.54, 1.807) is 35.2 Å². The summed E-state index contributed by atoms with van der Waals surface area (Å²) in [5, 5.41) is 1.97. The van der Waals surface area contributed by atoms with Crippen LogP contribution in [0.15, 0.2) is 62.7 Å². The number of carbonyl (C=O) groups is 1. The molecule has 0 radical (unpaired) electrons. The Labute approximate surface area is 192 Å². The molecule has 0 atom stereocenters. The minimum Gasteiger partial charge on any atom is -0.366 e. The number of para-hydroxylation sites is 1. The number of thioether (sulfide) groups is 1. The molecule has 4 rings (SSSR count). The molecule has 0 saturated carbocycles. The first-order chi connectivity index (χ1) is 14.6. The van der Waals surface area contributed by atoms with Crippen LogP contribution >= 0.6 is 39.0 Å². The van der Waals surface area contributed by atoms with Gasteiger partial charge in [-0.25, -0.2) is 9.37 Å². The largest absolute Gasteiger partial charge is 0.366 e. The number of rotatable bonds is 6. The van der Waals surface area contributed by atoms with Crippen molar-refractivity contribution in [3.05, 3.63) is 75.5 Å². The number of thiazole rings is 1. The maximum absolute atomic E-state index is 14.0. The van der Waals surface area contributed by atoms with Crippen LogP contribution in [0.1, 0.15) is 11.3 Å². The molecule has 1 amide bonds. The van der Waals surface area contributed by atoms with E-state index in [0.717, 1.165) is 20.3 Å². The van der Waals surface area contributed by atoms with Gasteiger partial charge in [-0.05, 0) is 29.8 Å². The van der Waals surface area contributed by atoms with Crippen LogP contribution in [0.3, 0.4) is 0 Å². The molecular weight excluding hydrogens is 485 g/mol. The van der Waals surface area contributed by atoms with Crippen molar-refractivity contribution < 1.29 is 9.18 Å². The van der Waals surface area contributed by atoms with Gasteiger partial charge in [-0.15, -0.1) is 11.3 Å². The molecule has 0 N–H and O–H groups in total. The number of halogens is 2. The topological polar surface area (TPSA) is 36.4 Å². The van der Waals surface area contributed by atoms with E-state index >= 15 is 0 Å². The molecule has 30 heavy (non-hydrogen) atoms. The van der Waals surface area contributed by atoms with Gasteiger partial charge in [-0.3, -0.25) is 4.79 Å². The van der Waals surface area contributed by atoms with E-state index in [0.29, 0.717) is 38.3 Å². The first-order valence-corrected chi connectivity index (χ1v) is 12.3. The van der Waals surface area contributed by atoms with Crippen molar-refractivity contribution in [2.45, 2.75) is 16.5 Å². The van der Waals surface area contributed by atoms with Crippen LogP contribution in [0.4, 0.5) is 10.1 Å². The maximum atomic E-state index is 14.0. The van der Waals surface area contributed by atoms with Gasteiger partial charge in [0.2, 0.25) is 5.91 Å². The van der Waals surface area contributed by atoms with Crippen LogP contribution in [-0.2, 0) is 17.0 Å². The predicted octanol–water partition coefficient (Wildman–Crippen LogP) is 5.23. The van der Waals surface area contributed by atoms with Crippen LogP contribution < -0.4 is 4.90 Å². The van der Waals surface area contributed by atoms with Crippen molar-refractivity contribution in [1.82, 2.24) is 9.88 Å². The van der Waals surface area contributed by atoms with Gasteiger partial charge in [0.25, 0.3) is 0 Å². The number of benzene rings is 2. The molecular formula is C22H21BrFN3OS2. The molecule has 0 bridgehead atoms. The Balaban J connectivity index is 1.26. The van der Waals surface area contributed by atoms with Gasteiger partial charge >= 0.3 is 0 Å². The zero-order chi connectivity index (χ0) is 20.9. The summed E-state index contributed by atoms with van der Waals surface area (Å²) in [5.74, 6) is 0.720. The van der Waals surface area contributed by atoms with Gasteiger partial charge < -0.3 is 9.80 Å². The van der Waals surface area contributed by atoms with E-state index in [4.69, 9.17) is 0 Å². The smallest absolute Gasteiger partial charge is 0.228 e. The Morgan fingerprint density at radius 3 is 2.57 bits per heavy atom. The second-order valence-corrected chi connectivity index (χ2v) is 10.0. The molecule has 3 aromatic rings. The van der Waals surface area contributed by atoms with Gasteiger partial charge in [0.15, 0.2) is 0 Å². The van der Waals surface area contributed by atoms with Gasteiger partial charge in [0.1, 0.15) is 10.2 Å². The summed E-state index contributed by atoms with van der Waals surface area (Å²) in [5.41, 5.74) is 2.67. The Hall–Kier alpha value is -1.90. The lowest BCUT2D eigenvalue weighted by Gasteiger charge is -2.36. The highest BCUT2D eigenvalue weighted by atomic mass is 79.9. The summed E-state index contributed by atoms with van der Waals surface area (Å²) < 4.78 is 16.0. The maximum Gasteiger partial charge on any atom is 0.228 e. The normalized spacial score (nSPS) is 14.2. The van der Waals surface area contributed by atoms with E-state index in [1.807, 2.05) is 33.4 Å². The lowest BCUT2D eigenvalue weighted by Crippen LogP contribution is -2.49. The first-order valence-electron chi connectivity index (χ1n) is 9.67. The number of nitrogens with zero attached hydrogens (tertiary/aromatic N) is 3. The molecule has 0 aliphatic carbocycles. The number of piperazine rings is 1. The first kappa shape index (κ1) is 21.3. The van der Waals surface area contributed by atoms with Gasteiger partial charge in [0.05, 0.1) is 17.8 Å². The van der Waals surface area contributed by atoms with Crippen molar-refractivity contribution in [3.8, 4) is 0 Å². The average Bonchev–Trinajstić information content (AvgIpc) is 3.21. The SMILES string of the molecule is O=C(Cc1csc(SCc2ccc(Br)cc2)n1)N1CCN(c2ccccc2F)CC1. The quantitative estimate of drug-likeness (QED) is 0.429. The molecule has 0 unspecified atom stereocenters. The monoisotopic (exact) mass is 505 g/mol. The third-order valence-corrected chi connectivity index (χ3v) is 7.63. The Bertz CT molecular complexity index is 1000. The Morgan fingerprint density at radius 1 is 1.10 bits per heavy atom. The number of aromatic nitrogens is 1. The Kier molecular flexibility index (Phi) is 7.07. The van der Waals surface area contributed by atoms with E-state index < -0.39 is 0 Å². The molecule has 1 saturated heterocycles. The highest BCUT2D eigenvalue weighted by Crippen LogP contribution is 2.27. The van der Waals surface area contributed by atoms with E-state index in [2.05, 4.69) is 33.0 Å². The molecule has 1 aliphatic rings. The number of carbonyl (C=O) groups excluding carboxylic acids is 1. The fourth-order valence-corrected chi connectivity index (χ4v) is 5.40. The van der Waals surface area contributed by atoms with Crippen molar-refractivity contribution in [3.63, 3.8) is 0 Å². The number of amides is 1. The van der Waals surface area contributed by atoms with Crippen molar-refractivity contribution in [2.24, 2.45) is 0 Å². The van der Waals surface area contributed by atoms with Crippen LogP contribution in [-0.4, -0.2) is 42.0 Å². The summed E-state index contributed by atoms with van der Waals surface area (Å²) in [7, 11) is 0. The highest BCUT2D eigenvalue weighted by molar-refractivity contribution is 9.10. The van der Waals surface area contributed by atoms with E-state index in [1.165, 1.54) is 11.6 Å². The van der Waals surface area contributed by atoms with Gasteiger partial charge in [-0.2, -0.15) is 0 Å². The zero-order valence-corrected chi connectivity index (χ0v) is 19.5. The molecule has 1 fully saturated rings. The second kappa shape index (κ2) is 9.94. The molecule has 4 nitrogen and oxygen atoms in total. The molecule has 8 heteroatoms. The van der Waals surface area contributed by atoms with Crippen molar-refractivity contribution in [1.29, 1.82) is 0 Å². The third-order valence-electron chi connectivity index (χ3n) is 4.96. The molecule has 156 valence electrons. The van der Waals surface area contributed by atoms with Gasteiger partial charge in [0, 0.05) is 41.8 Å². The summed E-state index contributed by atoms with van der Waals surface area (Å²) in [6.07, 6.45) is 0.315.